The Morgan fingerprint density at radius 1 is 0.893 bits per heavy atom. The lowest BCUT2D eigenvalue weighted by Gasteiger charge is -2.32. The van der Waals surface area contributed by atoms with E-state index in [0.717, 1.165) is 87.9 Å². The number of aromatic nitrogens is 4. The van der Waals surface area contributed by atoms with Crippen LogP contribution in [0.25, 0.3) is 32.2 Å². The lowest BCUT2D eigenvalue weighted by atomic mass is 9.90. The van der Waals surface area contributed by atoms with Gasteiger partial charge in [-0.1, -0.05) is 47.7 Å². The van der Waals surface area contributed by atoms with Crippen LogP contribution in [0.2, 0.25) is 0 Å². The van der Waals surface area contributed by atoms with Crippen LogP contribution >= 0.6 is 11.3 Å². The maximum Gasteiger partial charge on any atom is 0.358 e. The van der Waals surface area contributed by atoms with E-state index >= 15 is 0 Å². The van der Waals surface area contributed by atoms with Crippen LogP contribution < -0.4 is 25.6 Å². The third kappa shape index (κ3) is 10.3. The van der Waals surface area contributed by atoms with E-state index in [1.807, 2.05) is 120 Å². The maximum atomic E-state index is 14.1. The second kappa shape index (κ2) is 20.0. The highest BCUT2D eigenvalue weighted by atomic mass is 32.1. The molecule has 1 spiro atoms. The van der Waals surface area contributed by atoms with E-state index in [-0.39, 0.29) is 41.2 Å². The molecule has 4 aliphatic rings. The van der Waals surface area contributed by atoms with Gasteiger partial charge in [0.05, 0.1) is 40.5 Å². The number of imide groups is 1. The number of amides is 4. The number of esters is 1. The average Bonchev–Trinajstić information content (AvgIpc) is 3.73. The molecule has 11 rings (SSSR count). The molecular formula is C58H61N9O7S. The Bertz CT molecular complexity index is 3390. The molecule has 1 saturated carbocycles. The highest BCUT2D eigenvalue weighted by Crippen LogP contribution is 2.61. The van der Waals surface area contributed by atoms with Gasteiger partial charge in [-0.15, -0.1) is 0 Å². The van der Waals surface area contributed by atoms with E-state index in [1.165, 1.54) is 11.3 Å². The molecule has 4 amide bonds. The number of hydrogen-bond donors (Lipinski definition) is 3. The number of piperidine rings is 2. The van der Waals surface area contributed by atoms with Gasteiger partial charge in [0.1, 0.15) is 17.2 Å². The first-order valence-corrected chi connectivity index (χ1v) is 26.7. The van der Waals surface area contributed by atoms with Gasteiger partial charge in [-0.05, 0) is 167 Å². The zero-order valence-corrected chi connectivity index (χ0v) is 43.8. The minimum absolute atomic E-state index is 0.0759. The second-order valence-electron chi connectivity index (χ2n) is 21.5. The maximum absolute atomic E-state index is 14.1. The number of aryl methyl sites for hydroxylation is 1. The zero-order chi connectivity index (χ0) is 52.2. The van der Waals surface area contributed by atoms with Gasteiger partial charge in [0.15, 0.2) is 10.8 Å². The number of pyridine rings is 1. The molecule has 6 heterocycles. The fourth-order valence-electron chi connectivity index (χ4n) is 11.4. The Balaban J connectivity index is 0.707. The van der Waals surface area contributed by atoms with Gasteiger partial charge in [-0.3, -0.25) is 39.4 Å². The number of benzene rings is 4. The van der Waals surface area contributed by atoms with Crippen LogP contribution in [0.4, 0.5) is 16.6 Å². The van der Waals surface area contributed by atoms with E-state index in [9.17, 15) is 24.0 Å². The fourth-order valence-corrected chi connectivity index (χ4v) is 12.2. The zero-order valence-electron chi connectivity index (χ0n) is 43.0. The number of carbonyl (C=O) groups is 5. The van der Waals surface area contributed by atoms with Crippen molar-refractivity contribution in [1.29, 1.82) is 0 Å². The van der Waals surface area contributed by atoms with Crippen molar-refractivity contribution >= 4 is 78.7 Å². The van der Waals surface area contributed by atoms with Crippen LogP contribution in [0.5, 0.6) is 5.75 Å². The third-order valence-electron chi connectivity index (χ3n) is 15.4. The predicted molar refractivity (Wildman–Crippen MR) is 289 cm³/mol. The number of hydrogen-bond acceptors (Lipinski definition) is 13. The summed E-state index contributed by atoms with van der Waals surface area (Å²) < 4.78 is 15.2. The second-order valence-corrected chi connectivity index (χ2v) is 22.6. The van der Waals surface area contributed by atoms with Gasteiger partial charge in [0.25, 0.3) is 5.91 Å². The molecule has 1 unspecified atom stereocenters. The topological polar surface area (TPSA) is 190 Å². The van der Waals surface area contributed by atoms with Crippen molar-refractivity contribution in [2.75, 3.05) is 48.3 Å². The quantitative estimate of drug-likeness (QED) is 0.0734. The molecule has 386 valence electrons. The van der Waals surface area contributed by atoms with E-state index in [4.69, 9.17) is 14.5 Å². The average molecular weight is 1030 g/mol. The van der Waals surface area contributed by atoms with Crippen molar-refractivity contribution in [3.63, 3.8) is 0 Å². The van der Waals surface area contributed by atoms with Crippen molar-refractivity contribution in [3.05, 3.63) is 125 Å². The number of para-hydroxylation sites is 1. The summed E-state index contributed by atoms with van der Waals surface area (Å²) in [5.74, 6) is 0.0312. The van der Waals surface area contributed by atoms with Crippen LogP contribution in [0.3, 0.4) is 0 Å². The summed E-state index contributed by atoms with van der Waals surface area (Å²) >= 11 is 1.44. The summed E-state index contributed by atoms with van der Waals surface area (Å²) in [6.07, 6.45) is 5.55. The minimum atomic E-state index is -0.750. The monoisotopic (exact) mass is 1030 g/mol. The summed E-state index contributed by atoms with van der Waals surface area (Å²) in [5, 5.41) is 14.5. The van der Waals surface area contributed by atoms with Gasteiger partial charge in [-0.25, -0.2) is 14.8 Å². The minimum Gasteiger partial charge on any atom is -0.493 e. The van der Waals surface area contributed by atoms with Gasteiger partial charge >= 0.3 is 5.97 Å². The van der Waals surface area contributed by atoms with Crippen LogP contribution in [0.15, 0.2) is 91.0 Å². The number of rotatable bonds is 13. The standard InChI is InChI=1S/C58H61N9O7S/c1-34-38(39-18-20-48(61-52(39)55(72)74-57(2,3)4)67-26-22-35-10-8-12-40(43(35)32-67)53(70)63-56-60-44-13-6-7-15-47(44)75-56)11-9-14-46(34)73-29-23-36-31-58(36)24-27-66(28-25-58)33-50(69)59-37-16-17-41-45(30-37)65(5)64-51(41)42-19-21-49(68)62-54(42)71/h6-18,20,30,36,42H,19,21-29,31-33H2,1-5H3,(H,59,69)(H,60,63,70)(H,62,68,71)/t36-,42?/m1/s1. The summed E-state index contributed by atoms with van der Waals surface area (Å²) in [6.45, 7) is 11.2. The van der Waals surface area contributed by atoms with E-state index in [2.05, 4.69) is 41.9 Å². The first-order chi connectivity index (χ1) is 36.1. The molecule has 3 N–H and O–H groups in total. The lowest BCUT2D eigenvalue weighted by molar-refractivity contribution is -0.134. The van der Waals surface area contributed by atoms with Crippen LogP contribution in [-0.4, -0.2) is 92.6 Å². The van der Waals surface area contributed by atoms with E-state index in [0.29, 0.717) is 78.5 Å². The van der Waals surface area contributed by atoms with Gasteiger partial charge in [-0.2, -0.15) is 5.10 Å². The summed E-state index contributed by atoms with van der Waals surface area (Å²) in [4.78, 5) is 79.5. The number of thiazole rings is 1. The van der Waals surface area contributed by atoms with E-state index < -0.39 is 17.5 Å². The lowest BCUT2D eigenvalue weighted by Crippen LogP contribution is -2.40. The van der Waals surface area contributed by atoms with Crippen molar-refractivity contribution in [3.8, 4) is 16.9 Å². The highest BCUT2D eigenvalue weighted by molar-refractivity contribution is 7.22. The number of ether oxygens (including phenoxy) is 2. The summed E-state index contributed by atoms with van der Waals surface area (Å²) in [7, 11) is 1.81. The van der Waals surface area contributed by atoms with Gasteiger partial charge in [0.2, 0.25) is 17.7 Å². The molecule has 75 heavy (non-hydrogen) atoms. The Kier molecular flexibility index (Phi) is 13.2. The van der Waals surface area contributed by atoms with Crippen LogP contribution in [0.1, 0.15) is 108 Å². The van der Waals surface area contributed by atoms with Gasteiger partial charge < -0.3 is 19.7 Å². The molecule has 17 heteroatoms. The molecule has 7 aromatic rings. The van der Waals surface area contributed by atoms with Crippen LogP contribution in [-0.2, 0) is 39.1 Å². The normalized spacial score (nSPS) is 18.4. The first kappa shape index (κ1) is 49.7. The van der Waals surface area contributed by atoms with Crippen molar-refractivity contribution < 1.29 is 33.4 Å². The Hall–Kier alpha value is -7.50. The largest absolute Gasteiger partial charge is 0.493 e. The molecule has 0 radical (unpaired) electrons. The molecule has 4 aromatic carbocycles. The molecule has 3 fully saturated rings. The van der Waals surface area contributed by atoms with Crippen molar-refractivity contribution in [2.45, 2.75) is 90.7 Å². The van der Waals surface area contributed by atoms with Gasteiger partial charge in [0, 0.05) is 48.8 Å². The molecule has 1 aliphatic carbocycles. The Morgan fingerprint density at radius 2 is 1.71 bits per heavy atom. The molecule has 0 bridgehead atoms. The Morgan fingerprint density at radius 3 is 2.51 bits per heavy atom. The number of likely N-dealkylation sites (tertiary alicyclic amines) is 1. The summed E-state index contributed by atoms with van der Waals surface area (Å²) in [5.41, 5.74) is 7.68. The first-order valence-electron chi connectivity index (χ1n) is 25.9. The summed E-state index contributed by atoms with van der Waals surface area (Å²) in [6, 6.07) is 29.1. The van der Waals surface area contributed by atoms with E-state index in [1.54, 1.807) is 4.68 Å². The number of nitrogens with one attached hydrogen (secondary N) is 3. The molecule has 3 aliphatic heterocycles. The number of nitrogens with zero attached hydrogens (tertiary/aromatic N) is 6. The van der Waals surface area contributed by atoms with Crippen LogP contribution in [0, 0.1) is 18.3 Å². The molecule has 2 saturated heterocycles. The SMILES string of the molecule is Cc1c(OCC[C@@H]2CC23CCN(CC(=O)Nc2ccc4c(C5CCC(=O)NC5=O)nn(C)c4c2)CC3)cccc1-c1ccc(N2CCc3cccc(C(=O)Nc4nc5ccccc5s4)c3C2)nc1C(=O)OC(C)(C)C. The third-order valence-corrected chi connectivity index (χ3v) is 16.4. The number of fused-ring (bicyclic) bond motifs is 3. The number of carbonyl (C=O) groups excluding carboxylic acids is 5. The smallest absolute Gasteiger partial charge is 0.358 e. The van der Waals surface area contributed by atoms with Crippen molar-refractivity contribution in [2.24, 2.45) is 18.4 Å². The molecule has 3 aromatic heterocycles. The number of anilines is 3. The molecule has 16 nitrogen and oxygen atoms in total. The fraction of sp³-hybridized carbons (Fsp3) is 0.379. The van der Waals surface area contributed by atoms with Crippen molar-refractivity contribution in [1.82, 2.24) is 30.0 Å². The molecular weight excluding hydrogens is 967 g/mol. The molecule has 2 atom stereocenters. The highest BCUT2D eigenvalue weighted by Gasteiger charge is 2.54. The Labute approximate surface area is 439 Å². The predicted octanol–water partition coefficient (Wildman–Crippen LogP) is 9.35.